The van der Waals surface area contributed by atoms with Crippen LogP contribution >= 0.6 is 0 Å². The molecule has 0 radical (unpaired) electrons. The zero-order chi connectivity index (χ0) is 12.4. The molecule has 17 heavy (non-hydrogen) atoms. The lowest BCUT2D eigenvalue weighted by Crippen LogP contribution is -1.94. The molecule has 0 bridgehead atoms. The molecule has 1 aromatic carbocycles. The Morgan fingerprint density at radius 3 is 2.47 bits per heavy atom. The fourth-order valence-electron chi connectivity index (χ4n) is 1.76. The highest BCUT2D eigenvalue weighted by atomic mass is 16.4. The second kappa shape index (κ2) is 4.41. The van der Waals surface area contributed by atoms with Gasteiger partial charge in [-0.3, -0.25) is 4.68 Å². The van der Waals surface area contributed by atoms with Gasteiger partial charge in [-0.25, -0.2) is 4.79 Å². The molecule has 4 heteroatoms. The van der Waals surface area contributed by atoms with Gasteiger partial charge in [-0.1, -0.05) is 12.1 Å². The quantitative estimate of drug-likeness (QED) is 0.881. The summed E-state index contributed by atoms with van der Waals surface area (Å²) in [6.45, 7) is 4.81. The molecule has 1 aromatic heterocycles. The molecule has 0 aliphatic heterocycles. The van der Waals surface area contributed by atoms with E-state index in [2.05, 4.69) is 5.10 Å². The molecule has 1 N–H and O–H groups in total. The highest BCUT2D eigenvalue weighted by Crippen LogP contribution is 2.22. The van der Waals surface area contributed by atoms with E-state index < -0.39 is 5.97 Å². The molecule has 0 amide bonds. The van der Waals surface area contributed by atoms with Crippen molar-refractivity contribution in [3.05, 3.63) is 41.7 Å². The first-order valence-corrected chi connectivity index (χ1v) is 5.49. The minimum atomic E-state index is -0.905. The molecule has 88 valence electrons. The van der Waals surface area contributed by atoms with Gasteiger partial charge in [0.05, 0.1) is 11.3 Å². The third-order valence-electron chi connectivity index (χ3n) is 2.71. The average Bonchev–Trinajstić information content (AvgIpc) is 2.71. The van der Waals surface area contributed by atoms with Gasteiger partial charge in [0, 0.05) is 18.3 Å². The maximum atomic E-state index is 10.7. The van der Waals surface area contributed by atoms with Crippen LogP contribution in [0.25, 0.3) is 11.1 Å². The summed E-state index contributed by atoms with van der Waals surface area (Å²) in [5.74, 6) is -0.905. The Balaban J connectivity index is 2.39. The molecule has 0 unspecified atom stereocenters. The molecule has 4 nitrogen and oxygen atoms in total. The number of carboxylic acids is 1. The molecule has 2 rings (SSSR count). The molecule has 0 spiro atoms. The molecule has 0 saturated carbocycles. The molecular formula is C13H14N2O2. The van der Waals surface area contributed by atoms with E-state index in [-0.39, 0.29) is 0 Å². The fraction of sp³-hybridized carbons (Fsp3) is 0.231. The van der Waals surface area contributed by atoms with Crippen molar-refractivity contribution < 1.29 is 9.90 Å². The van der Waals surface area contributed by atoms with E-state index in [1.807, 2.05) is 36.9 Å². The Kier molecular flexibility index (Phi) is 2.95. The van der Waals surface area contributed by atoms with Crippen LogP contribution in [0.1, 0.15) is 23.0 Å². The van der Waals surface area contributed by atoms with Crippen molar-refractivity contribution >= 4 is 5.97 Å². The maximum absolute atomic E-state index is 10.7. The Bertz CT molecular complexity index is 541. The number of benzene rings is 1. The van der Waals surface area contributed by atoms with E-state index in [0.29, 0.717) is 5.56 Å². The highest BCUT2D eigenvalue weighted by Gasteiger charge is 2.08. The number of aromatic carboxylic acids is 1. The van der Waals surface area contributed by atoms with Crippen molar-refractivity contribution in [3.63, 3.8) is 0 Å². The number of carbonyl (C=O) groups is 1. The molecule has 2 aromatic rings. The Hall–Kier alpha value is -2.10. The molecule has 0 aliphatic rings. The second-order valence-corrected chi connectivity index (χ2v) is 3.87. The van der Waals surface area contributed by atoms with E-state index >= 15 is 0 Å². The SMILES string of the molecule is CCn1cc(-c2ccc(C(=O)O)cc2)c(C)n1. The Morgan fingerprint density at radius 2 is 2.00 bits per heavy atom. The van der Waals surface area contributed by atoms with Crippen LogP contribution in [-0.2, 0) is 6.54 Å². The Labute approximate surface area is 99.5 Å². The van der Waals surface area contributed by atoms with Gasteiger partial charge in [0.25, 0.3) is 0 Å². The van der Waals surface area contributed by atoms with Crippen molar-refractivity contribution in [2.75, 3.05) is 0 Å². The van der Waals surface area contributed by atoms with Crippen LogP contribution in [0.2, 0.25) is 0 Å². The number of nitrogens with zero attached hydrogens (tertiary/aromatic N) is 2. The fourth-order valence-corrected chi connectivity index (χ4v) is 1.76. The lowest BCUT2D eigenvalue weighted by Gasteiger charge is -1.99. The van der Waals surface area contributed by atoms with Crippen LogP contribution in [0.4, 0.5) is 0 Å². The molecular weight excluding hydrogens is 216 g/mol. The summed E-state index contributed by atoms with van der Waals surface area (Å²) >= 11 is 0. The first kappa shape index (κ1) is 11.4. The molecule has 1 heterocycles. The zero-order valence-corrected chi connectivity index (χ0v) is 9.84. The predicted molar refractivity (Wildman–Crippen MR) is 65.0 cm³/mol. The summed E-state index contributed by atoms with van der Waals surface area (Å²) in [4.78, 5) is 10.7. The van der Waals surface area contributed by atoms with E-state index in [9.17, 15) is 4.79 Å². The first-order chi connectivity index (χ1) is 8.11. The lowest BCUT2D eigenvalue weighted by molar-refractivity contribution is 0.0697. The summed E-state index contributed by atoms with van der Waals surface area (Å²) < 4.78 is 1.87. The van der Waals surface area contributed by atoms with Crippen LogP contribution in [-0.4, -0.2) is 20.9 Å². The largest absolute Gasteiger partial charge is 0.478 e. The molecule has 0 fully saturated rings. The van der Waals surface area contributed by atoms with Gasteiger partial charge >= 0.3 is 5.97 Å². The van der Waals surface area contributed by atoms with Crippen LogP contribution in [0, 0.1) is 6.92 Å². The van der Waals surface area contributed by atoms with Gasteiger partial charge in [0.1, 0.15) is 0 Å². The lowest BCUT2D eigenvalue weighted by atomic mass is 10.1. The third kappa shape index (κ3) is 2.20. The van der Waals surface area contributed by atoms with E-state index in [4.69, 9.17) is 5.11 Å². The van der Waals surface area contributed by atoms with Crippen molar-refractivity contribution in [3.8, 4) is 11.1 Å². The van der Waals surface area contributed by atoms with Gasteiger partial charge < -0.3 is 5.11 Å². The van der Waals surface area contributed by atoms with Crippen LogP contribution < -0.4 is 0 Å². The van der Waals surface area contributed by atoms with Gasteiger partial charge in [-0.05, 0) is 31.5 Å². The number of aryl methyl sites for hydroxylation is 2. The summed E-state index contributed by atoms with van der Waals surface area (Å²) in [6, 6.07) is 6.85. The van der Waals surface area contributed by atoms with Crippen molar-refractivity contribution in [1.82, 2.24) is 9.78 Å². The minimum Gasteiger partial charge on any atom is -0.478 e. The summed E-state index contributed by atoms with van der Waals surface area (Å²) in [5, 5.41) is 13.2. The number of aromatic nitrogens is 2. The maximum Gasteiger partial charge on any atom is 0.335 e. The number of carboxylic acid groups (broad SMARTS) is 1. The van der Waals surface area contributed by atoms with Gasteiger partial charge in [-0.2, -0.15) is 5.10 Å². The van der Waals surface area contributed by atoms with E-state index in [0.717, 1.165) is 23.4 Å². The summed E-state index contributed by atoms with van der Waals surface area (Å²) in [7, 11) is 0. The normalized spacial score (nSPS) is 10.5. The smallest absolute Gasteiger partial charge is 0.335 e. The standard InChI is InChI=1S/C13H14N2O2/c1-3-15-8-12(9(2)14-15)10-4-6-11(7-5-10)13(16)17/h4-8H,3H2,1-2H3,(H,16,17). The first-order valence-electron chi connectivity index (χ1n) is 5.49. The Morgan fingerprint density at radius 1 is 1.35 bits per heavy atom. The summed E-state index contributed by atoms with van der Waals surface area (Å²) in [5.41, 5.74) is 3.29. The third-order valence-corrected chi connectivity index (χ3v) is 2.71. The van der Waals surface area contributed by atoms with Gasteiger partial charge in [0.2, 0.25) is 0 Å². The van der Waals surface area contributed by atoms with Crippen molar-refractivity contribution in [1.29, 1.82) is 0 Å². The van der Waals surface area contributed by atoms with Crippen LogP contribution in [0.15, 0.2) is 30.5 Å². The number of hydrogen-bond acceptors (Lipinski definition) is 2. The van der Waals surface area contributed by atoms with Crippen molar-refractivity contribution in [2.24, 2.45) is 0 Å². The van der Waals surface area contributed by atoms with Crippen LogP contribution in [0.3, 0.4) is 0 Å². The van der Waals surface area contributed by atoms with Gasteiger partial charge in [-0.15, -0.1) is 0 Å². The predicted octanol–water partition coefficient (Wildman–Crippen LogP) is 2.58. The minimum absolute atomic E-state index is 0.300. The topological polar surface area (TPSA) is 55.1 Å². The van der Waals surface area contributed by atoms with Crippen LogP contribution in [0.5, 0.6) is 0 Å². The van der Waals surface area contributed by atoms with Gasteiger partial charge in [0.15, 0.2) is 0 Å². The van der Waals surface area contributed by atoms with E-state index in [1.54, 1.807) is 12.1 Å². The number of rotatable bonds is 3. The number of hydrogen-bond donors (Lipinski definition) is 1. The molecule has 0 aliphatic carbocycles. The van der Waals surface area contributed by atoms with E-state index in [1.165, 1.54) is 0 Å². The zero-order valence-electron chi connectivity index (χ0n) is 9.84. The average molecular weight is 230 g/mol. The highest BCUT2D eigenvalue weighted by molar-refractivity contribution is 5.88. The summed E-state index contributed by atoms with van der Waals surface area (Å²) in [6.07, 6.45) is 1.98. The monoisotopic (exact) mass is 230 g/mol. The molecule has 0 atom stereocenters. The molecule has 0 saturated heterocycles. The van der Waals surface area contributed by atoms with Crippen molar-refractivity contribution in [2.45, 2.75) is 20.4 Å². The second-order valence-electron chi connectivity index (χ2n) is 3.87.